The van der Waals surface area contributed by atoms with Gasteiger partial charge < -0.3 is 0 Å². The zero-order chi connectivity index (χ0) is 23.0. The Bertz CT molecular complexity index is 1240. The van der Waals surface area contributed by atoms with E-state index in [4.69, 9.17) is 0 Å². The zero-order valence-corrected chi connectivity index (χ0v) is 18.7. The van der Waals surface area contributed by atoms with Crippen molar-refractivity contribution in [2.75, 3.05) is 0 Å². The van der Waals surface area contributed by atoms with Crippen molar-refractivity contribution in [1.29, 1.82) is 0 Å². The Hall–Kier alpha value is -0.375. The first-order valence-corrected chi connectivity index (χ1v) is 14.0. The topological polar surface area (TPSA) is 163 Å². The van der Waals surface area contributed by atoms with E-state index in [0.717, 1.165) is 0 Å². The second-order valence-corrected chi connectivity index (χ2v) is 12.7. The van der Waals surface area contributed by atoms with Gasteiger partial charge in [-0.1, -0.05) is 36.4 Å². The van der Waals surface area contributed by atoms with Crippen molar-refractivity contribution in [2.45, 2.75) is 14.7 Å². The molecule has 14 heteroatoms. The molecule has 0 fully saturated rings. The Morgan fingerprint density at radius 1 is 0.438 bits per heavy atom. The molecule has 0 saturated heterocycles. The third-order valence-electron chi connectivity index (χ3n) is 4.18. The summed E-state index contributed by atoms with van der Waals surface area (Å²) in [5.41, 5.74) is 0. The van der Waals surface area contributed by atoms with E-state index in [0.29, 0.717) is 15.9 Å². The van der Waals surface area contributed by atoms with Crippen LogP contribution < -0.4 is 15.9 Å². The molecule has 32 heavy (non-hydrogen) atoms. The molecular weight excluding hydrogens is 573 g/mol. The molecule has 3 N–H and O–H groups in total. The molecule has 0 aliphatic heterocycles. The van der Waals surface area contributed by atoms with Gasteiger partial charge in [-0.05, 0) is 60.2 Å². The Morgan fingerprint density at radius 2 is 0.625 bits per heavy atom. The van der Waals surface area contributed by atoms with E-state index >= 15 is 0 Å². The van der Waals surface area contributed by atoms with E-state index in [1.807, 2.05) is 0 Å². The summed E-state index contributed by atoms with van der Waals surface area (Å²) in [7, 11) is -14.6. The normalized spacial score (nSPS) is 12.4. The summed E-state index contributed by atoms with van der Waals surface area (Å²) >= 11 is 0. The summed E-state index contributed by atoms with van der Waals surface area (Å²) in [6.07, 6.45) is 0. The summed E-state index contributed by atoms with van der Waals surface area (Å²) in [4.78, 5) is -0.932. The zero-order valence-electron chi connectivity index (χ0n) is 15.4. The molecule has 0 unspecified atom stereocenters. The second kappa shape index (κ2) is 10.5. The summed E-state index contributed by atoms with van der Waals surface area (Å²) in [6, 6.07) is 16.1. The van der Waals surface area contributed by atoms with Crippen LogP contribution in [-0.4, -0.2) is 97.1 Å². The third-order valence-corrected chi connectivity index (χ3v) is 9.23. The number of hydrogen-bond donors (Lipinski definition) is 3. The molecule has 0 amide bonds. The van der Waals surface area contributed by atoms with Crippen molar-refractivity contribution in [1.82, 2.24) is 0 Å². The fourth-order valence-electron chi connectivity index (χ4n) is 2.75. The van der Waals surface area contributed by atoms with E-state index in [2.05, 4.69) is 0 Å². The minimum atomic E-state index is -4.40. The fraction of sp³-hybridized carbons (Fsp3) is 0. The first-order valence-electron chi connectivity index (χ1n) is 8.30. The van der Waals surface area contributed by atoms with Gasteiger partial charge in [0.15, 0.2) is 0 Å². The van der Waals surface area contributed by atoms with Gasteiger partial charge >= 0.3 is 58.2 Å². The first kappa shape index (κ1) is 27.9. The van der Waals surface area contributed by atoms with Crippen LogP contribution in [0.3, 0.4) is 0 Å². The number of benzene rings is 3. The first-order chi connectivity index (χ1) is 14.3. The van der Waals surface area contributed by atoms with Gasteiger partial charge in [-0.15, -0.1) is 0 Å². The van der Waals surface area contributed by atoms with Gasteiger partial charge in [0.1, 0.15) is 0 Å². The maximum absolute atomic E-state index is 11.3. The van der Waals surface area contributed by atoms with Gasteiger partial charge in [0, 0.05) is 0 Å². The standard InChI is InChI=1S/C18H15O9PS3.Rb.H/c19-29(20,21)16-7-1-13(2-8-16)28(14-3-9-17(10-4-14)30(22,23)24)15-5-11-18(12-6-15)31(25,26)27;;/h1-12H,(H,19,20,21)(H,22,23,24)(H,25,26,27);;. The summed E-state index contributed by atoms with van der Waals surface area (Å²) in [6.45, 7) is 0. The van der Waals surface area contributed by atoms with E-state index in [1.54, 1.807) is 0 Å². The molecule has 0 bridgehead atoms. The van der Waals surface area contributed by atoms with Crippen molar-refractivity contribution in [3.8, 4) is 0 Å². The molecule has 166 valence electrons. The Labute approximate surface area is 235 Å². The summed E-state index contributed by atoms with van der Waals surface area (Å²) in [5.74, 6) is 0. The molecule has 0 aliphatic rings. The van der Waals surface area contributed by atoms with Crippen molar-refractivity contribution in [3.63, 3.8) is 0 Å². The molecule has 0 aromatic heterocycles. The summed E-state index contributed by atoms with van der Waals surface area (Å²) < 4.78 is 95.4. The fourth-order valence-corrected chi connectivity index (χ4v) is 6.42. The van der Waals surface area contributed by atoms with Crippen LogP contribution in [0.2, 0.25) is 0 Å². The van der Waals surface area contributed by atoms with Gasteiger partial charge in [-0.2, -0.15) is 25.3 Å². The maximum atomic E-state index is 11.3. The van der Waals surface area contributed by atoms with E-state index < -0.39 is 38.3 Å². The van der Waals surface area contributed by atoms with Crippen LogP contribution in [0.15, 0.2) is 87.5 Å². The van der Waals surface area contributed by atoms with Gasteiger partial charge in [-0.3, -0.25) is 13.7 Å². The van der Waals surface area contributed by atoms with Crippen LogP contribution >= 0.6 is 7.92 Å². The monoisotopic (exact) mass is 588 g/mol. The van der Waals surface area contributed by atoms with E-state index in [-0.39, 0.29) is 72.9 Å². The Kier molecular flexibility index (Phi) is 9.13. The Balaban J connectivity index is 0.00000363. The quantitative estimate of drug-likeness (QED) is 0.275. The molecule has 3 rings (SSSR count). The summed E-state index contributed by atoms with van der Waals surface area (Å²) in [5, 5.41) is 1.84. The third kappa shape index (κ3) is 6.83. The molecule has 0 saturated carbocycles. The molecule has 0 radical (unpaired) electrons. The van der Waals surface area contributed by atoms with Crippen LogP contribution in [0, 0.1) is 0 Å². The average molecular weight is 589 g/mol. The van der Waals surface area contributed by atoms with Crippen LogP contribution in [0.1, 0.15) is 0 Å². The molecule has 0 heterocycles. The molecule has 3 aromatic carbocycles. The van der Waals surface area contributed by atoms with Crippen LogP contribution in [-0.2, 0) is 30.4 Å². The van der Waals surface area contributed by atoms with Crippen molar-refractivity contribution >= 4 is 112 Å². The predicted octanol–water partition coefficient (Wildman–Crippen LogP) is 0.536. The average Bonchev–Trinajstić information content (AvgIpc) is 2.67. The molecular formula is C18H16O9PRbS3. The van der Waals surface area contributed by atoms with Gasteiger partial charge in [0.2, 0.25) is 0 Å². The molecule has 0 atom stereocenters. The van der Waals surface area contributed by atoms with Crippen LogP contribution in [0.25, 0.3) is 0 Å². The van der Waals surface area contributed by atoms with Gasteiger partial charge in [0.25, 0.3) is 30.4 Å². The predicted molar refractivity (Wildman–Crippen MR) is 122 cm³/mol. The second-order valence-electron chi connectivity index (χ2n) is 6.24. The number of hydrogen-bond acceptors (Lipinski definition) is 6. The van der Waals surface area contributed by atoms with Crippen molar-refractivity contribution in [3.05, 3.63) is 72.8 Å². The molecule has 0 spiro atoms. The van der Waals surface area contributed by atoms with Crippen LogP contribution in [0.5, 0.6) is 0 Å². The van der Waals surface area contributed by atoms with Crippen molar-refractivity contribution < 1.29 is 38.9 Å². The van der Waals surface area contributed by atoms with Crippen LogP contribution in [0.4, 0.5) is 0 Å². The Morgan fingerprint density at radius 3 is 0.781 bits per heavy atom. The van der Waals surface area contributed by atoms with Gasteiger partial charge in [-0.25, -0.2) is 0 Å². The van der Waals surface area contributed by atoms with Gasteiger partial charge in [0.05, 0.1) is 14.7 Å². The number of rotatable bonds is 6. The van der Waals surface area contributed by atoms with E-state index in [1.165, 1.54) is 72.8 Å². The molecule has 9 nitrogen and oxygen atoms in total. The van der Waals surface area contributed by atoms with Crippen molar-refractivity contribution in [2.24, 2.45) is 0 Å². The SMILES string of the molecule is O=S(=O)(O)c1ccc(P(c2ccc(S(=O)(=O)O)cc2)c2ccc(S(=O)(=O)O)cc2)cc1.[RbH]. The molecule has 0 aliphatic carbocycles. The molecule has 3 aromatic rings. The minimum absolute atomic E-state index is 0. The van der Waals surface area contributed by atoms with E-state index in [9.17, 15) is 38.9 Å².